The zero-order valence-corrected chi connectivity index (χ0v) is 19.2. The van der Waals surface area contributed by atoms with Crippen molar-refractivity contribution in [3.63, 3.8) is 0 Å². The van der Waals surface area contributed by atoms with E-state index in [1.165, 1.54) is 42.4 Å². The van der Waals surface area contributed by atoms with Gasteiger partial charge in [-0.05, 0) is 74.5 Å². The Morgan fingerprint density at radius 2 is 1.58 bits per heavy atom. The summed E-state index contributed by atoms with van der Waals surface area (Å²) in [6, 6.07) is 19.3. The van der Waals surface area contributed by atoms with E-state index in [0.29, 0.717) is 17.7 Å². The quantitative estimate of drug-likeness (QED) is 0.659. The van der Waals surface area contributed by atoms with E-state index >= 15 is 0 Å². The molecule has 3 heteroatoms. The third-order valence-corrected chi connectivity index (χ3v) is 7.24. The first-order chi connectivity index (χ1) is 14.9. The third kappa shape index (κ3) is 5.38. The molecule has 1 atom stereocenters. The van der Waals surface area contributed by atoms with Gasteiger partial charge in [-0.3, -0.25) is 4.79 Å². The summed E-state index contributed by atoms with van der Waals surface area (Å²) in [7, 11) is 0. The van der Waals surface area contributed by atoms with Gasteiger partial charge < -0.3 is 10.6 Å². The number of nitrogens with zero attached hydrogens (tertiary/aromatic N) is 1. The van der Waals surface area contributed by atoms with Gasteiger partial charge in [0.25, 0.3) is 0 Å². The molecule has 1 aliphatic carbocycles. The maximum Gasteiger partial charge on any atom is 0.230 e. The molecule has 4 rings (SSSR count). The van der Waals surface area contributed by atoms with Crippen LogP contribution in [0.1, 0.15) is 80.9 Å². The van der Waals surface area contributed by atoms with Crippen LogP contribution in [-0.2, 0) is 11.2 Å². The molecule has 1 aliphatic heterocycles. The minimum Gasteiger partial charge on any atom is -0.342 e. The summed E-state index contributed by atoms with van der Waals surface area (Å²) in [6.07, 6.45) is 7.86. The normalized spacial score (nSPS) is 19.5. The molecule has 1 unspecified atom stereocenters. The summed E-state index contributed by atoms with van der Waals surface area (Å²) >= 11 is 0. The smallest absolute Gasteiger partial charge is 0.230 e. The molecule has 1 saturated carbocycles. The first kappa shape index (κ1) is 22.1. The summed E-state index contributed by atoms with van der Waals surface area (Å²) in [5, 5.41) is 0. The van der Waals surface area contributed by atoms with Crippen molar-refractivity contribution < 1.29 is 4.79 Å². The van der Waals surface area contributed by atoms with Crippen LogP contribution in [0.15, 0.2) is 54.6 Å². The molecule has 31 heavy (non-hydrogen) atoms. The summed E-state index contributed by atoms with van der Waals surface area (Å²) in [5.74, 6) is 1.41. The van der Waals surface area contributed by atoms with Crippen LogP contribution < -0.4 is 5.73 Å². The van der Waals surface area contributed by atoms with Gasteiger partial charge in [0.05, 0.1) is 5.92 Å². The highest BCUT2D eigenvalue weighted by Crippen LogP contribution is 2.40. The molecule has 0 radical (unpaired) electrons. The van der Waals surface area contributed by atoms with Crippen LogP contribution in [0, 0.1) is 5.92 Å². The highest BCUT2D eigenvalue weighted by atomic mass is 16.2. The van der Waals surface area contributed by atoms with Crippen molar-refractivity contribution in [1.29, 1.82) is 0 Å². The molecule has 0 spiro atoms. The van der Waals surface area contributed by atoms with Crippen molar-refractivity contribution in [2.75, 3.05) is 13.1 Å². The van der Waals surface area contributed by atoms with Gasteiger partial charge in [0.2, 0.25) is 5.91 Å². The summed E-state index contributed by atoms with van der Waals surface area (Å²) < 4.78 is 0. The number of nitrogens with two attached hydrogens (primary N) is 1. The highest BCUT2D eigenvalue weighted by molar-refractivity contribution is 5.84. The number of amides is 1. The van der Waals surface area contributed by atoms with E-state index < -0.39 is 0 Å². The Balaban J connectivity index is 1.46. The van der Waals surface area contributed by atoms with Gasteiger partial charge in [0.1, 0.15) is 0 Å². The minimum atomic E-state index is -0.211. The van der Waals surface area contributed by atoms with Crippen LogP contribution in [0.3, 0.4) is 0 Å². The van der Waals surface area contributed by atoms with E-state index in [0.717, 1.165) is 32.4 Å². The molecule has 1 heterocycles. The molecule has 2 aromatic rings. The number of likely N-dealkylation sites (tertiary alicyclic amines) is 1. The molecule has 1 saturated heterocycles. The van der Waals surface area contributed by atoms with Crippen LogP contribution in [0.4, 0.5) is 0 Å². The standard InChI is InChI=1S/C28H38N2O/c1-28(2,29)20-24-14-8-9-15-25(24)21-16-18-30(19-17-21)27(31)26(23-12-6-7-13-23)22-10-4-3-5-11-22/h3-5,8-11,14-15,21,23,26H,6-7,12-13,16-20,29H2,1-2H3. The zero-order valence-electron chi connectivity index (χ0n) is 19.2. The maximum absolute atomic E-state index is 13.7. The SMILES string of the molecule is CC(C)(N)Cc1ccccc1C1CCN(C(=O)C(c2ccccc2)C2CCCC2)CC1. The number of piperidine rings is 1. The van der Waals surface area contributed by atoms with Crippen LogP contribution in [0.5, 0.6) is 0 Å². The maximum atomic E-state index is 13.7. The second-order valence-electron chi connectivity index (χ2n) is 10.4. The Bertz CT molecular complexity index is 856. The number of hydrogen-bond acceptors (Lipinski definition) is 2. The van der Waals surface area contributed by atoms with Crippen LogP contribution >= 0.6 is 0 Å². The average molecular weight is 419 g/mol. The van der Waals surface area contributed by atoms with E-state index in [1.807, 2.05) is 6.07 Å². The molecule has 0 aromatic heterocycles. The Labute approximate surface area is 188 Å². The number of carbonyl (C=O) groups excluding carboxylic acids is 1. The zero-order chi connectivity index (χ0) is 21.8. The summed E-state index contributed by atoms with van der Waals surface area (Å²) in [6.45, 7) is 5.91. The lowest BCUT2D eigenvalue weighted by molar-refractivity contribution is -0.135. The lowest BCUT2D eigenvalue weighted by Crippen LogP contribution is -2.42. The molecule has 2 aliphatic rings. The van der Waals surface area contributed by atoms with Crippen molar-refractivity contribution in [3.8, 4) is 0 Å². The van der Waals surface area contributed by atoms with Crippen LogP contribution in [-0.4, -0.2) is 29.4 Å². The second-order valence-corrected chi connectivity index (χ2v) is 10.4. The van der Waals surface area contributed by atoms with Crippen LogP contribution in [0.25, 0.3) is 0 Å². The van der Waals surface area contributed by atoms with Gasteiger partial charge in [0, 0.05) is 18.6 Å². The lowest BCUT2D eigenvalue weighted by Gasteiger charge is -2.37. The summed E-state index contributed by atoms with van der Waals surface area (Å²) in [4.78, 5) is 15.8. The van der Waals surface area contributed by atoms with E-state index in [4.69, 9.17) is 5.73 Å². The minimum absolute atomic E-state index is 0.0329. The third-order valence-electron chi connectivity index (χ3n) is 7.24. The highest BCUT2D eigenvalue weighted by Gasteiger charge is 2.36. The second kappa shape index (κ2) is 9.56. The molecule has 0 bridgehead atoms. The average Bonchev–Trinajstić information content (AvgIpc) is 3.28. The Kier molecular flexibility index (Phi) is 6.81. The van der Waals surface area contributed by atoms with Gasteiger partial charge in [-0.1, -0.05) is 67.4 Å². The van der Waals surface area contributed by atoms with Crippen molar-refractivity contribution in [2.24, 2.45) is 11.7 Å². The first-order valence-corrected chi connectivity index (χ1v) is 12.1. The van der Waals surface area contributed by atoms with Gasteiger partial charge in [-0.15, -0.1) is 0 Å². The summed E-state index contributed by atoms with van der Waals surface area (Å²) in [5.41, 5.74) is 10.1. The molecule has 166 valence electrons. The molecular weight excluding hydrogens is 380 g/mol. The Morgan fingerprint density at radius 3 is 2.23 bits per heavy atom. The van der Waals surface area contributed by atoms with Crippen molar-refractivity contribution >= 4 is 5.91 Å². The number of rotatable bonds is 6. The number of benzene rings is 2. The molecule has 2 aromatic carbocycles. The largest absolute Gasteiger partial charge is 0.342 e. The molecule has 3 nitrogen and oxygen atoms in total. The van der Waals surface area contributed by atoms with E-state index in [-0.39, 0.29) is 11.5 Å². The van der Waals surface area contributed by atoms with Crippen molar-refractivity contribution in [3.05, 3.63) is 71.3 Å². The fourth-order valence-electron chi connectivity index (χ4n) is 5.76. The van der Waals surface area contributed by atoms with E-state index in [2.05, 4.69) is 67.3 Å². The molecule has 2 N–H and O–H groups in total. The number of hydrogen-bond donors (Lipinski definition) is 1. The predicted octanol–water partition coefficient (Wildman–Crippen LogP) is 5.65. The van der Waals surface area contributed by atoms with Crippen molar-refractivity contribution in [2.45, 2.75) is 76.2 Å². The number of carbonyl (C=O) groups is 1. The first-order valence-electron chi connectivity index (χ1n) is 12.1. The Hall–Kier alpha value is -2.13. The van der Waals surface area contributed by atoms with Gasteiger partial charge in [0.15, 0.2) is 0 Å². The van der Waals surface area contributed by atoms with E-state index in [9.17, 15) is 4.79 Å². The topological polar surface area (TPSA) is 46.3 Å². The lowest BCUT2D eigenvalue weighted by atomic mass is 9.81. The molecule has 2 fully saturated rings. The monoisotopic (exact) mass is 418 g/mol. The van der Waals surface area contributed by atoms with Gasteiger partial charge in [-0.2, -0.15) is 0 Å². The fraction of sp³-hybridized carbons (Fsp3) is 0.536. The fourth-order valence-corrected chi connectivity index (χ4v) is 5.76. The van der Waals surface area contributed by atoms with Gasteiger partial charge >= 0.3 is 0 Å². The Morgan fingerprint density at radius 1 is 0.968 bits per heavy atom. The van der Waals surface area contributed by atoms with Gasteiger partial charge in [-0.25, -0.2) is 0 Å². The molecular formula is C28H38N2O. The van der Waals surface area contributed by atoms with E-state index in [1.54, 1.807) is 0 Å². The molecule has 1 amide bonds. The van der Waals surface area contributed by atoms with Crippen LogP contribution in [0.2, 0.25) is 0 Å². The van der Waals surface area contributed by atoms with Crippen molar-refractivity contribution in [1.82, 2.24) is 4.90 Å². The predicted molar refractivity (Wildman–Crippen MR) is 128 cm³/mol.